The van der Waals surface area contributed by atoms with Gasteiger partial charge in [-0.05, 0) is 43.3 Å². The van der Waals surface area contributed by atoms with Gasteiger partial charge in [0.2, 0.25) is 0 Å². The van der Waals surface area contributed by atoms with Gasteiger partial charge in [-0.3, -0.25) is 24.3 Å². The van der Waals surface area contributed by atoms with Gasteiger partial charge in [-0.1, -0.05) is 59.3 Å². The van der Waals surface area contributed by atoms with Crippen molar-refractivity contribution in [2.24, 2.45) is 10.3 Å². The standard InChI is InChI=1S/C25H21N5O3/c1-17-12-14-20(15-13-17)30-24(32)22-23(25(30)33)28(27-26-22)16-21(31)29(18-8-4-2-5-9-18)19-10-6-3-7-11-19/h2-15,22-23H,16H2,1H3/t22-,23-/m1/s1. The van der Waals surface area contributed by atoms with E-state index < -0.39 is 23.9 Å². The Morgan fingerprint density at radius 2 is 1.42 bits per heavy atom. The van der Waals surface area contributed by atoms with Gasteiger partial charge in [0.25, 0.3) is 17.7 Å². The minimum Gasteiger partial charge on any atom is -0.279 e. The molecule has 2 aliphatic rings. The van der Waals surface area contributed by atoms with E-state index in [1.165, 1.54) is 5.01 Å². The number of anilines is 3. The van der Waals surface area contributed by atoms with Crippen LogP contribution in [0.5, 0.6) is 0 Å². The fraction of sp³-hybridized carbons (Fsp3) is 0.160. The van der Waals surface area contributed by atoms with E-state index in [4.69, 9.17) is 0 Å². The smallest absolute Gasteiger partial charge is 0.263 e. The monoisotopic (exact) mass is 439 g/mol. The molecule has 2 atom stereocenters. The molecule has 3 aromatic carbocycles. The highest BCUT2D eigenvalue weighted by Gasteiger charge is 2.55. The Bertz CT molecular complexity index is 1190. The van der Waals surface area contributed by atoms with Crippen molar-refractivity contribution >= 4 is 34.8 Å². The summed E-state index contributed by atoms with van der Waals surface area (Å²) in [6.45, 7) is 1.73. The Balaban J connectivity index is 1.41. The molecule has 8 nitrogen and oxygen atoms in total. The van der Waals surface area contributed by atoms with E-state index in [0.29, 0.717) is 17.1 Å². The van der Waals surface area contributed by atoms with Gasteiger partial charge < -0.3 is 0 Å². The van der Waals surface area contributed by atoms with Crippen molar-refractivity contribution in [2.75, 3.05) is 16.3 Å². The number of imide groups is 1. The molecule has 164 valence electrons. The van der Waals surface area contributed by atoms with E-state index in [1.807, 2.05) is 79.7 Å². The predicted octanol–water partition coefficient (Wildman–Crippen LogP) is 3.65. The quantitative estimate of drug-likeness (QED) is 0.568. The summed E-state index contributed by atoms with van der Waals surface area (Å²) < 4.78 is 0. The normalized spacial score (nSPS) is 19.2. The second-order valence-electron chi connectivity index (χ2n) is 7.94. The molecule has 0 unspecified atom stereocenters. The molecule has 2 aliphatic heterocycles. The lowest BCUT2D eigenvalue weighted by Crippen LogP contribution is -2.44. The van der Waals surface area contributed by atoms with E-state index in [2.05, 4.69) is 10.3 Å². The molecule has 1 fully saturated rings. The SMILES string of the molecule is Cc1ccc(N2C(=O)[C@@H]3N=NN(CC(=O)N(c4ccccc4)c4ccccc4)[C@H]3C2=O)cc1. The van der Waals surface area contributed by atoms with Crippen LogP contribution in [0.25, 0.3) is 0 Å². The first-order valence-corrected chi connectivity index (χ1v) is 10.6. The minimum absolute atomic E-state index is 0.199. The van der Waals surface area contributed by atoms with E-state index in [1.54, 1.807) is 17.0 Å². The number of nitrogens with zero attached hydrogens (tertiary/aromatic N) is 5. The molecule has 0 N–H and O–H groups in total. The van der Waals surface area contributed by atoms with Gasteiger partial charge >= 0.3 is 0 Å². The summed E-state index contributed by atoms with van der Waals surface area (Å²) in [5.41, 5.74) is 2.89. The summed E-state index contributed by atoms with van der Waals surface area (Å²) in [6, 6.07) is 23.7. The molecule has 0 aromatic heterocycles. The lowest BCUT2D eigenvalue weighted by atomic mass is 10.1. The lowest BCUT2D eigenvalue weighted by molar-refractivity contribution is -0.124. The summed E-state index contributed by atoms with van der Waals surface area (Å²) in [5.74, 6) is -1.16. The molecule has 0 radical (unpaired) electrons. The summed E-state index contributed by atoms with van der Waals surface area (Å²) in [5, 5.41) is 9.37. The van der Waals surface area contributed by atoms with Gasteiger partial charge in [0.05, 0.1) is 5.69 Å². The van der Waals surface area contributed by atoms with Crippen LogP contribution in [0.4, 0.5) is 17.1 Å². The van der Waals surface area contributed by atoms with Crippen molar-refractivity contribution in [3.05, 3.63) is 90.5 Å². The zero-order valence-corrected chi connectivity index (χ0v) is 17.9. The van der Waals surface area contributed by atoms with Crippen molar-refractivity contribution in [1.82, 2.24) is 5.01 Å². The zero-order chi connectivity index (χ0) is 22.9. The van der Waals surface area contributed by atoms with Crippen LogP contribution in [0.15, 0.2) is 95.3 Å². The molecule has 3 aromatic rings. The topological polar surface area (TPSA) is 85.7 Å². The number of aryl methyl sites for hydroxylation is 1. The Morgan fingerprint density at radius 3 is 2.00 bits per heavy atom. The largest absolute Gasteiger partial charge is 0.279 e. The van der Waals surface area contributed by atoms with Crippen molar-refractivity contribution in [3.63, 3.8) is 0 Å². The maximum atomic E-state index is 13.4. The van der Waals surface area contributed by atoms with Crippen LogP contribution in [-0.4, -0.2) is 41.4 Å². The first-order chi connectivity index (χ1) is 16.0. The molecule has 33 heavy (non-hydrogen) atoms. The Morgan fingerprint density at radius 1 is 0.848 bits per heavy atom. The van der Waals surface area contributed by atoms with E-state index in [0.717, 1.165) is 10.5 Å². The van der Waals surface area contributed by atoms with Crippen LogP contribution in [0.3, 0.4) is 0 Å². The van der Waals surface area contributed by atoms with E-state index in [-0.39, 0.29) is 12.5 Å². The maximum absolute atomic E-state index is 13.4. The van der Waals surface area contributed by atoms with Gasteiger partial charge in [0.1, 0.15) is 6.54 Å². The molecule has 0 spiro atoms. The molecule has 0 saturated carbocycles. The highest BCUT2D eigenvalue weighted by Crippen LogP contribution is 2.33. The first-order valence-electron chi connectivity index (χ1n) is 10.6. The highest BCUT2D eigenvalue weighted by molar-refractivity contribution is 6.25. The number of hydrogen-bond donors (Lipinski definition) is 0. The molecule has 0 bridgehead atoms. The van der Waals surface area contributed by atoms with E-state index >= 15 is 0 Å². The molecule has 5 rings (SSSR count). The van der Waals surface area contributed by atoms with Gasteiger partial charge in [0, 0.05) is 11.4 Å². The van der Waals surface area contributed by atoms with Crippen LogP contribution in [0, 0.1) is 6.92 Å². The minimum atomic E-state index is -0.950. The third-order valence-electron chi connectivity index (χ3n) is 5.73. The van der Waals surface area contributed by atoms with Gasteiger partial charge in [-0.15, -0.1) is 0 Å². The van der Waals surface area contributed by atoms with Crippen LogP contribution >= 0.6 is 0 Å². The highest BCUT2D eigenvalue weighted by atomic mass is 16.2. The third kappa shape index (κ3) is 3.65. The first kappa shape index (κ1) is 20.6. The predicted molar refractivity (Wildman–Crippen MR) is 123 cm³/mol. The number of para-hydroxylation sites is 2. The Kier molecular flexibility index (Phi) is 5.18. The fourth-order valence-electron chi connectivity index (χ4n) is 4.10. The van der Waals surface area contributed by atoms with E-state index in [9.17, 15) is 14.4 Å². The number of hydrogen-bond acceptors (Lipinski definition) is 6. The molecular formula is C25H21N5O3. The molecule has 1 saturated heterocycles. The number of carbonyl (C=O) groups is 3. The second-order valence-corrected chi connectivity index (χ2v) is 7.94. The van der Waals surface area contributed by atoms with Crippen LogP contribution < -0.4 is 9.80 Å². The molecule has 3 amide bonds. The van der Waals surface area contributed by atoms with Crippen LogP contribution in [-0.2, 0) is 14.4 Å². The zero-order valence-electron chi connectivity index (χ0n) is 17.9. The number of carbonyl (C=O) groups excluding carboxylic acids is 3. The summed E-state index contributed by atoms with van der Waals surface area (Å²) in [4.78, 5) is 42.3. The lowest BCUT2D eigenvalue weighted by Gasteiger charge is -2.26. The van der Waals surface area contributed by atoms with Crippen LogP contribution in [0.1, 0.15) is 5.56 Å². The summed E-state index contributed by atoms with van der Waals surface area (Å²) in [6.07, 6.45) is 0. The summed E-state index contributed by atoms with van der Waals surface area (Å²) in [7, 11) is 0. The molecular weight excluding hydrogens is 418 g/mol. The van der Waals surface area contributed by atoms with Crippen molar-refractivity contribution in [3.8, 4) is 0 Å². The number of benzene rings is 3. The average molecular weight is 439 g/mol. The van der Waals surface area contributed by atoms with Gasteiger partial charge in [-0.2, -0.15) is 5.11 Å². The Labute approximate surface area is 190 Å². The van der Waals surface area contributed by atoms with Crippen molar-refractivity contribution in [1.29, 1.82) is 0 Å². The maximum Gasteiger partial charge on any atom is 0.263 e. The van der Waals surface area contributed by atoms with Gasteiger partial charge in [-0.25, -0.2) is 4.90 Å². The fourth-order valence-corrected chi connectivity index (χ4v) is 4.10. The van der Waals surface area contributed by atoms with Gasteiger partial charge in [0.15, 0.2) is 12.1 Å². The number of rotatable bonds is 5. The second kappa shape index (κ2) is 8.31. The molecule has 8 heteroatoms. The van der Waals surface area contributed by atoms with Crippen molar-refractivity contribution < 1.29 is 14.4 Å². The third-order valence-corrected chi connectivity index (χ3v) is 5.73. The van der Waals surface area contributed by atoms with Crippen molar-refractivity contribution in [2.45, 2.75) is 19.0 Å². The molecule has 2 heterocycles. The summed E-state index contributed by atoms with van der Waals surface area (Å²) >= 11 is 0. The number of amides is 3. The number of fused-ring (bicyclic) bond motifs is 1. The molecule has 0 aliphatic carbocycles. The Hall–Kier alpha value is -4.33. The average Bonchev–Trinajstić information content (AvgIpc) is 3.35. The van der Waals surface area contributed by atoms with Crippen LogP contribution in [0.2, 0.25) is 0 Å².